The number of aliphatic hydroxyl groups excluding tert-OH is 1. The highest BCUT2D eigenvalue weighted by atomic mass is 35.5. The van der Waals surface area contributed by atoms with Crippen LogP contribution in [0.1, 0.15) is 25.7 Å². The van der Waals surface area contributed by atoms with Gasteiger partial charge in [0.15, 0.2) is 0 Å². The van der Waals surface area contributed by atoms with Gasteiger partial charge in [-0.05, 0) is 25.2 Å². The molecule has 0 bridgehead atoms. The first-order valence-electron chi connectivity index (χ1n) is 6.73. The number of aliphatic hydroxyl groups is 1. The van der Waals surface area contributed by atoms with Gasteiger partial charge in [-0.1, -0.05) is 23.9 Å². The molecule has 6 heteroatoms. The zero-order valence-electron chi connectivity index (χ0n) is 11.2. The van der Waals surface area contributed by atoms with E-state index in [0.29, 0.717) is 23.2 Å². The molecule has 20 heavy (non-hydrogen) atoms. The van der Waals surface area contributed by atoms with Crippen LogP contribution in [0.2, 0.25) is 5.02 Å². The maximum Gasteiger partial charge on any atom is 0.292 e. The minimum Gasteiger partial charge on any atom is -0.393 e. The van der Waals surface area contributed by atoms with Crippen LogP contribution in [-0.4, -0.2) is 27.5 Å². The van der Waals surface area contributed by atoms with Crippen LogP contribution >= 0.6 is 11.6 Å². The van der Waals surface area contributed by atoms with Crippen LogP contribution < -0.4 is 10.9 Å². The van der Waals surface area contributed by atoms with Crippen molar-refractivity contribution in [3.05, 3.63) is 21.6 Å². The van der Waals surface area contributed by atoms with Crippen molar-refractivity contribution in [2.24, 2.45) is 5.92 Å². The smallest absolute Gasteiger partial charge is 0.292 e. The van der Waals surface area contributed by atoms with Gasteiger partial charge in [0.1, 0.15) is 12.2 Å². The summed E-state index contributed by atoms with van der Waals surface area (Å²) in [5.74, 6) is 2.73. The van der Waals surface area contributed by atoms with Gasteiger partial charge >= 0.3 is 0 Å². The minimum absolute atomic E-state index is 0.118. The van der Waals surface area contributed by atoms with Gasteiger partial charge in [-0.15, -0.1) is 6.42 Å². The van der Waals surface area contributed by atoms with Crippen molar-refractivity contribution in [2.75, 3.05) is 11.9 Å². The Morgan fingerprint density at radius 2 is 2.40 bits per heavy atom. The molecule has 5 nitrogen and oxygen atoms in total. The monoisotopic (exact) mass is 295 g/mol. The summed E-state index contributed by atoms with van der Waals surface area (Å²) >= 11 is 6.01. The predicted octanol–water partition coefficient (Wildman–Crippen LogP) is 1.49. The molecule has 1 aliphatic carbocycles. The molecule has 1 aromatic heterocycles. The maximum atomic E-state index is 12.1. The average Bonchev–Trinajstić information content (AvgIpc) is 2.42. The van der Waals surface area contributed by atoms with E-state index >= 15 is 0 Å². The third-order valence-corrected chi connectivity index (χ3v) is 3.85. The van der Waals surface area contributed by atoms with E-state index in [4.69, 9.17) is 18.0 Å². The molecular formula is C14H18ClN3O2. The largest absolute Gasteiger partial charge is 0.393 e. The lowest BCUT2D eigenvalue weighted by molar-refractivity contribution is 0.105. The van der Waals surface area contributed by atoms with E-state index < -0.39 is 0 Å². The highest BCUT2D eigenvalue weighted by Gasteiger charge is 2.20. The Balaban J connectivity index is 2.07. The zero-order chi connectivity index (χ0) is 14.5. The van der Waals surface area contributed by atoms with Gasteiger partial charge in [-0.25, -0.2) is 4.68 Å². The molecule has 2 atom stereocenters. The van der Waals surface area contributed by atoms with Crippen LogP contribution in [0.3, 0.4) is 0 Å². The van der Waals surface area contributed by atoms with Crippen molar-refractivity contribution >= 4 is 17.3 Å². The van der Waals surface area contributed by atoms with Crippen molar-refractivity contribution in [2.45, 2.75) is 38.3 Å². The summed E-state index contributed by atoms with van der Waals surface area (Å²) < 4.78 is 1.20. The molecular weight excluding hydrogens is 278 g/mol. The fraction of sp³-hybridized carbons (Fsp3) is 0.571. The third kappa shape index (κ3) is 3.53. The van der Waals surface area contributed by atoms with E-state index in [1.807, 2.05) is 0 Å². The molecule has 0 spiro atoms. The van der Waals surface area contributed by atoms with Crippen molar-refractivity contribution in [3.63, 3.8) is 0 Å². The van der Waals surface area contributed by atoms with Crippen LogP contribution in [0.25, 0.3) is 0 Å². The Kier molecular flexibility index (Phi) is 5.05. The lowest BCUT2D eigenvalue weighted by atomic mass is 9.87. The predicted molar refractivity (Wildman–Crippen MR) is 78.8 cm³/mol. The SMILES string of the molecule is C#CCn1ncc(Cl)c(NCC2CCCC(O)C2)c1=O. The number of halogens is 1. The second-order valence-corrected chi connectivity index (χ2v) is 5.51. The molecule has 108 valence electrons. The molecule has 0 saturated heterocycles. The quantitative estimate of drug-likeness (QED) is 0.826. The normalized spacial score (nSPS) is 22.2. The number of nitrogens with zero attached hydrogens (tertiary/aromatic N) is 2. The topological polar surface area (TPSA) is 67.2 Å². The Labute approximate surface area is 123 Å². The summed E-state index contributed by atoms with van der Waals surface area (Å²) in [5, 5.41) is 16.9. The van der Waals surface area contributed by atoms with Crippen LogP contribution in [0.4, 0.5) is 5.69 Å². The van der Waals surface area contributed by atoms with Crippen LogP contribution in [0.15, 0.2) is 11.0 Å². The first-order chi connectivity index (χ1) is 9.61. The fourth-order valence-corrected chi connectivity index (χ4v) is 2.71. The van der Waals surface area contributed by atoms with Gasteiger partial charge in [0.2, 0.25) is 0 Å². The number of terminal acetylenes is 1. The number of hydrogen-bond donors (Lipinski definition) is 2. The molecule has 0 aliphatic heterocycles. The molecule has 1 saturated carbocycles. The van der Waals surface area contributed by atoms with Crippen molar-refractivity contribution in [1.29, 1.82) is 0 Å². The summed E-state index contributed by atoms with van der Waals surface area (Å²) in [5.41, 5.74) is 0.0174. The molecule has 1 fully saturated rings. The van der Waals surface area contributed by atoms with E-state index in [1.54, 1.807) is 0 Å². The standard InChI is InChI=1S/C14H18ClN3O2/c1-2-6-18-14(20)13(12(15)9-17-18)16-8-10-4-3-5-11(19)7-10/h1,9-11,16,19H,3-8H2. The summed E-state index contributed by atoms with van der Waals surface area (Å²) in [6.07, 6.45) is 10.1. The first kappa shape index (κ1) is 14.9. The first-order valence-corrected chi connectivity index (χ1v) is 7.10. The fourth-order valence-electron chi connectivity index (χ4n) is 2.52. The summed E-state index contributed by atoms with van der Waals surface area (Å²) in [6.45, 7) is 0.735. The molecule has 2 unspecified atom stereocenters. The third-order valence-electron chi connectivity index (χ3n) is 3.56. The summed E-state index contributed by atoms with van der Waals surface area (Å²) in [6, 6.07) is 0. The van der Waals surface area contributed by atoms with Gasteiger partial charge in [0.05, 0.1) is 17.3 Å². The second-order valence-electron chi connectivity index (χ2n) is 5.10. The van der Waals surface area contributed by atoms with E-state index in [0.717, 1.165) is 25.7 Å². The Hall–Kier alpha value is -1.51. The molecule has 0 aromatic carbocycles. The lowest BCUT2D eigenvalue weighted by Crippen LogP contribution is -2.29. The zero-order valence-corrected chi connectivity index (χ0v) is 11.9. The molecule has 2 rings (SSSR count). The Morgan fingerprint density at radius 1 is 1.60 bits per heavy atom. The Morgan fingerprint density at radius 3 is 3.10 bits per heavy atom. The number of aromatic nitrogens is 2. The number of rotatable bonds is 4. The Bertz CT molecular complexity index is 565. The van der Waals surface area contributed by atoms with E-state index in [2.05, 4.69) is 16.3 Å². The van der Waals surface area contributed by atoms with Gasteiger partial charge in [-0.2, -0.15) is 5.10 Å². The van der Waals surface area contributed by atoms with Crippen molar-refractivity contribution in [3.8, 4) is 12.3 Å². The molecule has 0 radical (unpaired) electrons. The molecule has 2 N–H and O–H groups in total. The van der Waals surface area contributed by atoms with E-state index in [1.165, 1.54) is 10.9 Å². The van der Waals surface area contributed by atoms with Gasteiger partial charge in [0, 0.05) is 6.54 Å². The van der Waals surface area contributed by atoms with E-state index in [-0.39, 0.29) is 18.2 Å². The van der Waals surface area contributed by atoms with Gasteiger partial charge in [0.25, 0.3) is 5.56 Å². The minimum atomic E-state index is -0.313. The number of nitrogens with one attached hydrogen (secondary N) is 1. The maximum absolute atomic E-state index is 12.1. The van der Waals surface area contributed by atoms with Crippen LogP contribution in [-0.2, 0) is 6.54 Å². The highest BCUT2D eigenvalue weighted by molar-refractivity contribution is 6.32. The van der Waals surface area contributed by atoms with Gasteiger partial charge in [-0.3, -0.25) is 4.79 Å². The average molecular weight is 296 g/mol. The van der Waals surface area contributed by atoms with Crippen molar-refractivity contribution < 1.29 is 5.11 Å². The summed E-state index contributed by atoms with van der Waals surface area (Å²) in [7, 11) is 0. The molecule has 1 aromatic rings. The van der Waals surface area contributed by atoms with E-state index in [9.17, 15) is 9.90 Å². The van der Waals surface area contributed by atoms with Crippen LogP contribution in [0.5, 0.6) is 0 Å². The summed E-state index contributed by atoms with van der Waals surface area (Å²) in [4.78, 5) is 12.1. The molecule has 0 amide bonds. The molecule has 1 heterocycles. The second kappa shape index (κ2) is 6.78. The highest BCUT2D eigenvalue weighted by Crippen LogP contribution is 2.25. The number of hydrogen-bond acceptors (Lipinski definition) is 4. The number of anilines is 1. The van der Waals surface area contributed by atoms with Crippen molar-refractivity contribution in [1.82, 2.24) is 9.78 Å². The van der Waals surface area contributed by atoms with Crippen LogP contribution in [0, 0.1) is 18.3 Å². The van der Waals surface area contributed by atoms with Gasteiger partial charge < -0.3 is 10.4 Å². The lowest BCUT2D eigenvalue weighted by Gasteiger charge is -2.26. The molecule has 1 aliphatic rings.